The molecule has 1 aliphatic rings. The van der Waals surface area contributed by atoms with Crippen molar-refractivity contribution in [2.75, 3.05) is 23.4 Å². The van der Waals surface area contributed by atoms with E-state index in [2.05, 4.69) is 5.32 Å². The van der Waals surface area contributed by atoms with Crippen molar-refractivity contribution in [1.82, 2.24) is 0 Å². The Labute approximate surface area is 167 Å². The van der Waals surface area contributed by atoms with Gasteiger partial charge in [-0.3, -0.25) is 9.59 Å². The SMILES string of the molecule is CCOc1ccc(C(=O)Nc2ccc3c(c2)N(C(=O)c2cccs2)CC3)cc1. The van der Waals surface area contributed by atoms with Crippen LogP contribution in [0.4, 0.5) is 11.4 Å². The molecule has 0 saturated heterocycles. The lowest BCUT2D eigenvalue weighted by molar-refractivity contribution is 0.0991. The third kappa shape index (κ3) is 3.64. The van der Waals surface area contributed by atoms with E-state index in [9.17, 15) is 9.59 Å². The third-order valence-electron chi connectivity index (χ3n) is 4.64. The summed E-state index contributed by atoms with van der Waals surface area (Å²) in [6.07, 6.45) is 0.819. The van der Waals surface area contributed by atoms with Crippen LogP contribution in [0.2, 0.25) is 0 Å². The highest BCUT2D eigenvalue weighted by Gasteiger charge is 2.26. The summed E-state index contributed by atoms with van der Waals surface area (Å²) >= 11 is 1.44. The second kappa shape index (κ2) is 7.86. The van der Waals surface area contributed by atoms with E-state index >= 15 is 0 Å². The third-order valence-corrected chi connectivity index (χ3v) is 5.50. The van der Waals surface area contributed by atoms with E-state index in [4.69, 9.17) is 4.74 Å². The minimum atomic E-state index is -0.197. The molecule has 5 nitrogen and oxygen atoms in total. The lowest BCUT2D eigenvalue weighted by atomic mass is 10.1. The first kappa shape index (κ1) is 18.3. The number of anilines is 2. The molecule has 6 heteroatoms. The predicted octanol–water partition coefficient (Wildman–Crippen LogP) is 4.60. The van der Waals surface area contributed by atoms with Crippen LogP contribution < -0.4 is 15.0 Å². The molecule has 0 spiro atoms. The summed E-state index contributed by atoms with van der Waals surface area (Å²) in [6.45, 7) is 3.16. The van der Waals surface area contributed by atoms with E-state index in [1.807, 2.05) is 42.6 Å². The van der Waals surface area contributed by atoms with E-state index in [0.717, 1.165) is 28.3 Å². The lowest BCUT2D eigenvalue weighted by Crippen LogP contribution is -2.28. The van der Waals surface area contributed by atoms with E-state index in [-0.39, 0.29) is 11.8 Å². The minimum absolute atomic E-state index is 0.00346. The number of amides is 2. The van der Waals surface area contributed by atoms with Gasteiger partial charge in [0.05, 0.1) is 11.5 Å². The summed E-state index contributed by atoms with van der Waals surface area (Å²) in [5.41, 5.74) is 3.20. The zero-order chi connectivity index (χ0) is 19.5. The summed E-state index contributed by atoms with van der Waals surface area (Å²) in [7, 11) is 0. The number of hydrogen-bond acceptors (Lipinski definition) is 4. The van der Waals surface area contributed by atoms with Crippen LogP contribution in [0.5, 0.6) is 5.75 Å². The number of ether oxygens (including phenoxy) is 1. The minimum Gasteiger partial charge on any atom is -0.494 e. The maximum atomic E-state index is 12.7. The second-order valence-corrected chi connectivity index (χ2v) is 7.39. The highest BCUT2D eigenvalue weighted by molar-refractivity contribution is 7.12. The van der Waals surface area contributed by atoms with Crippen LogP contribution in [0.3, 0.4) is 0 Å². The average Bonchev–Trinajstić information content (AvgIpc) is 3.38. The highest BCUT2D eigenvalue weighted by atomic mass is 32.1. The number of carbonyl (C=O) groups excluding carboxylic acids is 2. The Kier molecular flexibility index (Phi) is 5.12. The van der Waals surface area contributed by atoms with Gasteiger partial charge < -0.3 is 15.0 Å². The largest absolute Gasteiger partial charge is 0.494 e. The van der Waals surface area contributed by atoms with Gasteiger partial charge in [0.1, 0.15) is 5.75 Å². The molecule has 2 aromatic carbocycles. The van der Waals surface area contributed by atoms with Gasteiger partial charge in [0.25, 0.3) is 11.8 Å². The average molecular weight is 392 g/mol. The summed E-state index contributed by atoms with van der Waals surface area (Å²) in [5, 5.41) is 4.82. The Balaban J connectivity index is 1.51. The number of hydrogen-bond donors (Lipinski definition) is 1. The molecule has 3 aromatic rings. The standard InChI is InChI=1S/C22H20N2O3S/c1-2-27-18-9-6-16(7-10-18)21(25)23-17-8-5-15-11-12-24(19(15)14-17)22(26)20-4-3-13-28-20/h3-10,13-14H,2,11-12H2,1H3,(H,23,25). The number of nitrogens with zero attached hydrogens (tertiary/aromatic N) is 1. The Hall–Kier alpha value is -3.12. The van der Waals surface area contributed by atoms with Crippen molar-refractivity contribution in [3.8, 4) is 5.75 Å². The number of rotatable bonds is 5. The molecule has 2 heterocycles. The molecule has 4 rings (SSSR count). The topological polar surface area (TPSA) is 58.6 Å². The second-order valence-electron chi connectivity index (χ2n) is 6.44. The van der Waals surface area contributed by atoms with Crippen LogP contribution in [0.25, 0.3) is 0 Å². The maximum absolute atomic E-state index is 12.7. The molecular weight excluding hydrogens is 372 g/mol. The molecular formula is C22H20N2O3S. The molecule has 0 unspecified atom stereocenters. The highest BCUT2D eigenvalue weighted by Crippen LogP contribution is 2.32. The fraction of sp³-hybridized carbons (Fsp3) is 0.182. The number of carbonyl (C=O) groups is 2. The Bertz CT molecular complexity index is 997. The van der Waals surface area contributed by atoms with Crippen LogP contribution in [0, 0.1) is 0 Å². The van der Waals surface area contributed by atoms with Crippen LogP contribution in [-0.2, 0) is 6.42 Å². The molecule has 0 radical (unpaired) electrons. The van der Waals surface area contributed by atoms with E-state index in [1.165, 1.54) is 11.3 Å². The zero-order valence-corrected chi connectivity index (χ0v) is 16.3. The molecule has 142 valence electrons. The fourth-order valence-electron chi connectivity index (χ4n) is 3.27. The van der Waals surface area contributed by atoms with E-state index in [0.29, 0.717) is 24.4 Å². The van der Waals surface area contributed by atoms with Crippen molar-refractivity contribution in [3.63, 3.8) is 0 Å². The smallest absolute Gasteiger partial charge is 0.268 e. The van der Waals surface area contributed by atoms with Gasteiger partial charge in [-0.1, -0.05) is 12.1 Å². The fourth-order valence-corrected chi connectivity index (χ4v) is 3.95. The lowest BCUT2D eigenvalue weighted by Gasteiger charge is -2.17. The molecule has 0 aliphatic carbocycles. The Morgan fingerprint density at radius 3 is 2.68 bits per heavy atom. The van der Waals surface area contributed by atoms with E-state index in [1.54, 1.807) is 29.2 Å². The first-order valence-corrected chi connectivity index (χ1v) is 10.1. The van der Waals surface area contributed by atoms with Crippen molar-refractivity contribution in [2.45, 2.75) is 13.3 Å². The maximum Gasteiger partial charge on any atom is 0.268 e. The van der Waals surface area contributed by atoms with Crippen LogP contribution in [0.1, 0.15) is 32.5 Å². The quantitative estimate of drug-likeness (QED) is 0.690. The van der Waals surface area contributed by atoms with Gasteiger partial charge in [-0.15, -0.1) is 11.3 Å². The number of nitrogens with one attached hydrogen (secondary N) is 1. The van der Waals surface area contributed by atoms with Crippen molar-refractivity contribution in [3.05, 3.63) is 76.0 Å². The molecule has 0 atom stereocenters. The normalized spacial score (nSPS) is 12.5. The van der Waals surface area contributed by atoms with E-state index < -0.39 is 0 Å². The van der Waals surface area contributed by atoms with Crippen LogP contribution in [-0.4, -0.2) is 25.0 Å². The molecule has 1 aromatic heterocycles. The van der Waals surface area contributed by atoms with Crippen molar-refractivity contribution in [2.24, 2.45) is 0 Å². The van der Waals surface area contributed by atoms with Gasteiger partial charge in [-0.2, -0.15) is 0 Å². The van der Waals surface area contributed by atoms with Crippen LogP contribution in [0.15, 0.2) is 60.0 Å². The molecule has 2 amide bonds. The first-order chi connectivity index (χ1) is 13.7. The zero-order valence-electron chi connectivity index (χ0n) is 15.5. The summed E-state index contributed by atoms with van der Waals surface area (Å²) in [6, 6.07) is 16.5. The van der Waals surface area contributed by atoms with Crippen molar-refractivity contribution in [1.29, 1.82) is 0 Å². The van der Waals surface area contributed by atoms with Gasteiger partial charge in [-0.05, 0) is 66.8 Å². The van der Waals surface area contributed by atoms with Gasteiger partial charge in [0.15, 0.2) is 0 Å². The summed E-state index contributed by atoms with van der Waals surface area (Å²) in [4.78, 5) is 27.8. The van der Waals surface area contributed by atoms with Gasteiger partial charge in [-0.25, -0.2) is 0 Å². The molecule has 1 N–H and O–H groups in total. The number of fused-ring (bicyclic) bond motifs is 1. The number of benzene rings is 2. The van der Waals surface area contributed by atoms with Gasteiger partial charge >= 0.3 is 0 Å². The van der Waals surface area contributed by atoms with Crippen LogP contribution >= 0.6 is 11.3 Å². The van der Waals surface area contributed by atoms with Crippen molar-refractivity contribution >= 4 is 34.5 Å². The number of thiophene rings is 1. The summed E-state index contributed by atoms with van der Waals surface area (Å²) in [5.74, 6) is 0.542. The monoisotopic (exact) mass is 392 g/mol. The van der Waals surface area contributed by atoms with Gasteiger partial charge in [0.2, 0.25) is 0 Å². The molecule has 28 heavy (non-hydrogen) atoms. The summed E-state index contributed by atoms with van der Waals surface area (Å²) < 4.78 is 5.41. The first-order valence-electron chi connectivity index (χ1n) is 9.18. The molecule has 0 fully saturated rings. The molecule has 0 bridgehead atoms. The predicted molar refractivity (Wildman–Crippen MR) is 112 cm³/mol. The molecule has 1 aliphatic heterocycles. The van der Waals surface area contributed by atoms with Gasteiger partial charge in [0, 0.05) is 23.5 Å². The molecule has 0 saturated carbocycles. The van der Waals surface area contributed by atoms with Crippen molar-refractivity contribution < 1.29 is 14.3 Å². The Morgan fingerprint density at radius 2 is 1.96 bits per heavy atom. The Morgan fingerprint density at radius 1 is 1.14 bits per heavy atom.